The molecule has 32 heavy (non-hydrogen) atoms. The number of halogens is 1. The van der Waals surface area contributed by atoms with Gasteiger partial charge in [-0.1, -0.05) is 78.4 Å². The zero-order valence-electron chi connectivity index (χ0n) is 18.4. The van der Waals surface area contributed by atoms with Gasteiger partial charge < -0.3 is 9.88 Å². The van der Waals surface area contributed by atoms with E-state index in [1.54, 1.807) is 12.1 Å². The van der Waals surface area contributed by atoms with Crippen LogP contribution in [0.25, 0.3) is 11.1 Å². The summed E-state index contributed by atoms with van der Waals surface area (Å²) >= 11 is 0. The highest BCUT2D eigenvalue weighted by Crippen LogP contribution is 2.30. The van der Waals surface area contributed by atoms with E-state index in [0.29, 0.717) is 30.8 Å². The number of nitrogens with zero attached hydrogens (tertiary/aromatic N) is 1. The zero-order valence-corrected chi connectivity index (χ0v) is 18.4. The molecule has 1 N–H and O–H groups in total. The second-order valence-electron chi connectivity index (χ2n) is 8.11. The minimum absolute atomic E-state index is 0.152. The molecule has 0 aliphatic rings. The number of carbonyl (C=O) groups is 1. The van der Waals surface area contributed by atoms with Crippen molar-refractivity contribution in [1.29, 1.82) is 0 Å². The number of amides is 1. The average molecular weight is 427 g/mol. The Labute approximate surface area is 188 Å². The normalized spacial score (nSPS) is 10.8. The van der Waals surface area contributed by atoms with E-state index in [4.69, 9.17) is 0 Å². The minimum atomic E-state index is -0.245. The molecule has 4 rings (SSSR count). The van der Waals surface area contributed by atoms with Crippen molar-refractivity contribution in [2.24, 2.45) is 0 Å². The first-order valence-electron chi connectivity index (χ1n) is 10.8. The number of aryl methyl sites for hydroxylation is 2. The summed E-state index contributed by atoms with van der Waals surface area (Å²) in [5.41, 5.74) is 6.52. The fourth-order valence-electron chi connectivity index (χ4n) is 4.02. The van der Waals surface area contributed by atoms with Gasteiger partial charge in [-0.25, -0.2) is 4.39 Å². The van der Waals surface area contributed by atoms with E-state index in [1.165, 1.54) is 11.6 Å². The molecule has 0 spiro atoms. The van der Waals surface area contributed by atoms with E-state index in [0.717, 1.165) is 22.3 Å². The first kappa shape index (κ1) is 21.6. The standard InChI is InChI=1S/C28H27FN2O/c1-20-12-14-24(15-13-20)26-21(2)18-31(19-22-8-4-3-5-9-22)27(26)28(32)30-17-16-23-10-6-7-11-25(23)29/h3-15,18H,16-17,19H2,1-2H3,(H,30,32). The van der Waals surface area contributed by atoms with Crippen LogP contribution in [0, 0.1) is 19.7 Å². The maximum atomic E-state index is 13.9. The zero-order chi connectivity index (χ0) is 22.5. The molecule has 0 aliphatic carbocycles. The second kappa shape index (κ2) is 9.65. The van der Waals surface area contributed by atoms with E-state index >= 15 is 0 Å². The first-order valence-corrected chi connectivity index (χ1v) is 10.8. The fraction of sp³-hybridized carbons (Fsp3) is 0.179. The summed E-state index contributed by atoms with van der Waals surface area (Å²) in [6, 6.07) is 25.0. The van der Waals surface area contributed by atoms with Gasteiger partial charge in [0.1, 0.15) is 11.5 Å². The van der Waals surface area contributed by atoms with Crippen molar-refractivity contribution in [2.75, 3.05) is 6.54 Å². The predicted octanol–water partition coefficient (Wildman–Crippen LogP) is 5.93. The average Bonchev–Trinajstić information content (AvgIpc) is 3.12. The summed E-state index contributed by atoms with van der Waals surface area (Å²) in [5.74, 6) is -0.397. The molecule has 4 aromatic rings. The fourth-order valence-corrected chi connectivity index (χ4v) is 4.02. The summed E-state index contributed by atoms with van der Waals surface area (Å²) in [6.07, 6.45) is 2.48. The van der Waals surface area contributed by atoms with Gasteiger partial charge in [-0.15, -0.1) is 0 Å². The van der Waals surface area contributed by atoms with Crippen molar-refractivity contribution < 1.29 is 9.18 Å². The summed E-state index contributed by atoms with van der Waals surface area (Å²) in [4.78, 5) is 13.4. The third kappa shape index (κ3) is 4.80. The van der Waals surface area contributed by atoms with Crippen LogP contribution in [0.2, 0.25) is 0 Å². The second-order valence-corrected chi connectivity index (χ2v) is 8.11. The highest BCUT2D eigenvalue weighted by molar-refractivity contribution is 6.00. The number of benzene rings is 3. The Morgan fingerprint density at radius 2 is 1.59 bits per heavy atom. The maximum absolute atomic E-state index is 13.9. The van der Waals surface area contributed by atoms with Gasteiger partial charge in [-0.3, -0.25) is 4.79 Å². The van der Waals surface area contributed by atoms with Gasteiger partial charge in [0.05, 0.1) is 0 Å². The topological polar surface area (TPSA) is 34.0 Å². The van der Waals surface area contributed by atoms with Crippen LogP contribution < -0.4 is 5.32 Å². The van der Waals surface area contributed by atoms with Gasteiger partial charge in [-0.2, -0.15) is 0 Å². The smallest absolute Gasteiger partial charge is 0.268 e. The van der Waals surface area contributed by atoms with Crippen LogP contribution in [-0.4, -0.2) is 17.0 Å². The van der Waals surface area contributed by atoms with Gasteiger partial charge in [0.15, 0.2) is 0 Å². The van der Waals surface area contributed by atoms with Crippen molar-refractivity contribution in [3.63, 3.8) is 0 Å². The lowest BCUT2D eigenvalue weighted by molar-refractivity contribution is 0.0946. The van der Waals surface area contributed by atoms with Crippen LogP contribution in [0.3, 0.4) is 0 Å². The molecule has 0 aliphatic heterocycles. The molecule has 3 aromatic carbocycles. The van der Waals surface area contributed by atoms with Gasteiger partial charge in [-0.05, 0) is 48.6 Å². The SMILES string of the molecule is Cc1ccc(-c2c(C)cn(Cc3ccccc3)c2C(=O)NCCc2ccccc2F)cc1. The Bertz CT molecular complexity index is 1210. The van der Waals surface area contributed by atoms with E-state index in [2.05, 4.69) is 41.7 Å². The molecular formula is C28H27FN2O. The van der Waals surface area contributed by atoms with Crippen LogP contribution in [0.5, 0.6) is 0 Å². The maximum Gasteiger partial charge on any atom is 0.268 e. The third-order valence-electron chi connectivity index (χ3n) is 5.66. The van der Waals surface area contributed by atoms with E-state index in [9.17, 15) is 9.18 Å². The molecule has 0 bridgehead atoms. The first-order chi connectivity index (χ1) is 15.5. The van der Waals surface area contributed by atoms with Crippen molar-refractivity contribution in [3.8, 4) is 11.1 Å². The number of hydrogen-bond acceptors (Lipinski definition) is 1. The Balaban J connectivity index is 1.64. The van der Waals surface area contributed by atoms with Gasteiger partial charge in [0.25, 0.3) is 5.91 Å². The molecule has 1 heterocycles. The Morgan fingerprint density at radius 3 is 2.31 bits per heavy atom. The van der Waals surface area contributed by atoms with Gasteiger partial charge in [0, 0.05) is 24.8 Å². The van der Waals surface area contributed by atoms with Crippen molar-refractivity contribution in [1.82, 2.24) is 9.88 Å². The molecule has 162 valence electrons. The Kier molecular flexibility index (Phi) is 6.50. The van der Waals surface area contributed by atoms with Gasteiger partial charge in [0.2, 0.25) is 0 Å². The molecule has 0 unspecified atom stereocenters. The van der Waals surface area contributed by atoms with Crippen LogP contribution in [0.1, 0.15) is 32.7 Å². The summed E-state index contributed by atoms with van der Waals surface area (Å²) in [5, 5.41) is 3.01. The summed E-state index contributed by atoms with van der Waals surface area (Å²) in [6.45, 7) is 5.05. The van der Waals surface area contributed by atoms with Crippen LogP contribution in [-0.2, 0) is 13.0 Å². The van der Waals surface area contributed by atoms with E-state index in [-0.39, 0.29) is 11.7 Å². The molecule has 1 amide bonds. The molecule has 4 heteroatoms. The monoisotopic (exact) mass is 426 g/mol. The predicted molar refractivity (Wildman–Crippen MR) is 127 cm³/mol. The quantitative estimate of drug-likeness (QED) is 0.390. The molecule has 0 radical (unpaired) electrons. The Morgan fingerprint density at radius 1 is 0.906 bits per heavy atom. The summed E-state index contributed by atoms with van der Waals surface area (Å²) < 4.78 is 16.0. The van der Waals surface area contributed by atoms with Gasteiger partial charge >= 0.3 is 0 Å². The largest absolute Gasteiger partial charge is 0.350 e. The number of hydrogen-bond donors (Lipinski definition) is 1. The molecule has 0 atom stereocenters. The summed E-state index contributed by atoms with van der Waals surface area (Å²) in [7, 11) is 0. The van der Waals surface area contributed by atoms with Crippen LogP contribution >= 0.6 is 0 Å². The minimum Gasteiger partial charge on any atom is -0.350 e. The lowest BCUT2D eigenvalue weighted by atomic mass is 10.0. The number of carbonyl (C=O) groups excluding carboxylic acids is 1. The lowest BCUT2D eigenvalue weighted by Crippen LogP contribution is -2.28. The highest BCUT2D eigenvalue weighted by atomic mass is 19.1. The van der Waals surface area contributed by atoms with Crippen molar-refractivity contribution >= 4 is 5.91 Å². The molecule has 0 saturated heterocycles. The molecule has 3 nitrogen and oxygen atoms in total. The van der Waals surface area contributed by atoms with E-state index in [1.807, 2.05) is 48.9 Å². The third-order valence-corrected chi connectivity index (χ3v) is 5.66. The number of rotatable bonds is 7. The molecular weight excluding hydrogens is 399 g/mol. The lowest BCUT2D eigenvalue weighted by Gasteiger charge is -2.13. The Hall–Kier alpha value is -3.66. The van der Waals surface area contributed by atoms with Crippen molar-refractivity contribution in [2.45, 2.75) is 26.8 Å². The number of aromatic nitrogens is 1. The molecule has 0 fully saturated rings. The highest BCUT2D eigenvalue weighted by Gasteiger charge is 2.21. The molecule has 0 saturated carbocycles. The molecule has 1 aromatic heterocycles. The van der Waals surface area contributed by atoms with Crippen LogP contribution in [0.4, 0.5) is 4.39 Å². The van der Waals surface area contributed by atoms with Crippen molar-refractivity contribution in [3.05, 3.63) is 119 Å². The number of nitrogens with one attached hydrogen (secondary N) is 1. The van der Waals surface area contributed by atoms with Crippen LogP contribution in [0.15, 0.2) is 85.1 Å². The van der Waals surface area contributed by atoms with E-state index < -0.39 is 0 Å².